The summed E-state index contributed by atoms with van der Waals surface area (Å²) in [6.45, 7) is 7.27. The molecule has 1 aromatic carbocycles. The number of carboxylic acids is 1. The van der Waals surface area contributed by atoms with Crippen molar-refractivity contribution in [3.8, 4) is 0 Å². The smallest absolute Gasteiger partial charge is 0.303 e. The van der Waals surface area contributed by atoms with Gasteiger partial charge >= 0.3 is 5.97 Å². The van der Waals surface area contributed by atoms with Gasteiger partial charge < -0.3 is 10.0 Å². The highest BCUT2D eigenvalue weighted by Gasteiger charge is 2.35. The predicted octanol–water partition coefficient (Wildman–Crippen LogP) is 2.99. The van der Waals surface area contributed by atoms with Gasteiger partial charge in [-0.25, -0.2) is 0 Å². The first-order chi connectivity index (χ1) is 10.3. The Hall–Kier alpha value is -1.84. The van der Waals surface area contributed by atoms with Gasteiger partial charge in [0.05, 0.1) is 5.41 Å². The lowest BCUT2D eigenvalue weighted by molar-refractivity contribution is -0.139. The topological polar surface area (TPSA) is 57.6 Å². The number of piperidine rings is 1. The maximum absolute atomic E-state index is 12.8. The van der Waals surface area contributed by atoms with Crippen molar-refractivity contribution in [3.05, 3.63) is 35.4 Å². The number of carbonyl (C=O) groups is 2. The normalized spacial score (nSPS) is 16.6. The molecular weight excluding hydrogens is 278 g/mol. The van der Waals surface area contributed by atoms with Crippen molar-refractivity contribution in [1.82, 2.24) is 4.90 Å². The Morgan fingerprint density at radius 2 is 1.73 bits per heavy atom. The van der Waals surface area contributed by atoms with Crippen LogP contribution in [-0.2, 0) is 15.0 Å². The van der Waals surface area contributed by atoms with Gasteiger partial charge in [0, 0.05) is 19.5 Å². The van der Waals surface area contributed by atoms with Crippen LogP contribution in [0.1, 0.15) is 44.2 Å². The number of benzene rings is 1. The summed E-state index contributed by atoms with van der Waals surface area (Å²) in [6, 6.07) is 8.10. The number of carbonyl (C=O) groups excluding carboxylic acids is 1. The molecule has 1 amide bonds. The van der Waals surface area contributed by atoms with E-state index < -0.39 is 11.4 Å². The Morgan fingerprint density at radius 1 is 1.18 bits per heavy atom. The molecule has 0 saturated carbocycles. The lowest BCUT2D eigenvalue weighted by Gasteiger charge is -2.37. The van der Waals surface area contributed by atoms with E-state index in [4.69, 9.17) is 5.11 Å². The highest BCUT2D eigenvalue weighted by Crippen LogP contribution is 2.29. The molecule has 1 fully saturated rings. The summed E-state index contributed by atoms with van der Waals surface area (Å²) in [5, 5.41) is 8.86. The van der Waals surface area contributed by atoms with Crippen molar-refractivity contribution in [2.24, 2.45) is 5.92 Å². The van der Waals surface area contributed by atoms with Gasteiger partial charge in [0.2, 0.25) is 5.91 Å². The quantitative estimate of drug-likeness (QED) is 0.930. The minimum atomic E-state index is -0.746. The highest BCUT2D eigenvalue weighted by atomic mass is 16.4. The lowest BCUT2D eigenvalue weighted by atomic mass is 9.82. The Kier molecular flexibility index (Phi) is 4.89. The van der Waals surface area contributed by atoms with E-state index in [9.17, 15) is 9.59 Å². The summed E-state index contributed by atoms with van der Waals surface area (Å²) < 4.78 is 0. The number of hydrogen-bond donors (Lipinski definition) is 1. The molecule has 0 aromatic heterocycles. The fourth-order valence-corrected chi connectivity index (χ4v) is 3.08. The van der Waals surface area contributed by atoms with Crippen LogP contribution in [0.3, 0.4) is 0 Å². The van der Waals surface area contributed by atoms with Crippen LogP contribution in [0, 0.1) is 12.8 Å². The van der Waals surface area contributed by atoms with Crippen LogP contribution in [0.5, 0.6) is 0 Å². The second kappa shape index (κ2) is 6.51. The van der Waals surface area contributed by atoms with Crippen LogP contribution in [0.15, 0.2) is 24.3 Å². The number of aryl methyl sites for hydroxylation is 1. The molecule has 0 unspecified atom stereocenters. The van der Waals surface area contributed by atoms with Crippen molar-refractivity contribution in [2.75, 3.05) is 13.1 Å². The third kappa shape index (κ3) is 3.67. The number of likely N-dealkylation sites (tertiary alicyclic amines) is 1. The van der Waals surface area contributed by atoms with Crippen LogP contribution in [0.4, 0.5) is 0 Å². The van der Waals surface area contributed by atoms with E-state index >= 15 is 0 Å². The number of aliphatic carboxylic acids is 1. The molecule has 1 heterocycles. The molecular formula is C18H25NO3. The van der Waals surface area contributed by atoms with Gasteiger partial charge in [-0.3, -0.25) is 9.59 Å². The van der Waals surface area contributed by atoms with E-state index in [2.05, 4.69) is 0 Å². The predicted molar refractivity (Wildman–Crippen MR) is 85.8 cm³/mol. The summed E-state index contributed by atoms with van der Waals surface area (Å²) in [6.07, 6.45) is 1.77. The molecule has 0 spiro atoms. The fourth-order valence-electron chi connectivity index (χ4n) is 3.08. The first-order valence-corrected chi connectivity index (χ1v) is 7.89. The zero-order valence-electron chi connectivity index (χ0n) is 13.6. The third-order valence-electron chi connectivity index (χ3n) is 4.67. The summed E-state index contributed by atoms with van der Waals surface area (Å²) in [5.41, 5.74) is 1.66. The van der Waals surface area contributed by atoms with Crippen molar-refractivity contribution in [3.63, 3.8) is 0 Å². The molecule has 0 aliphatic carbocycles. The summed E-state index contributed by atoms with van der Waals surface area (Å²) in [7, 11) is 0. The maximum Gasteiger partial charge on any atom is 0.303 e. The highest BCUT2D eigenvalue weighted by molar-refractivity contribution is 5.87. The van der Waals surface area contributed by atoms with E-state index in [1.807, 2.05) is 49.9 Å². The van der Waals surface area contributed by atoms with Gasteiger partial charge in [0.25, 0.3) is 0 Å². The molecule has 2 rings (SSSR count). The van der Waals surface area contributed by atoms with Crippen molar-refractivity contribution < 1.29 is 14.7 Å². The lowest BCUT2D eigenvalue weighted by Crippen LogP contribution is -2.47. The molecule has 1 aliphatic heterocycles. The second-order valence-electron chi connectivity index (χ2n) is 6.82. The van der Waals surface area contributed by atoms with Gasteiger partial charge in [0.1, 0.15) is 0 Å². The first-order valence-electron chi connectivity index (χ1n) is 7.89. The number of amides is 1. The van der Waals surface area contributed by atoms with Gasteiger partial charge in [-0.15, -0.1) is 0 Å². The van der Waals surface area contributed by atoms with Gasteiger partial charge in [-0.05, 0) is 45.1 Å². The second-order valence-corrected chi connectivity index (χ2v) is 6.82. The average molecular weight is 303 g/mol. The monoisotopic (exact) mass is 303 g/mol. The molecule has 1 N–H and O–H groups in total. The SMILES string of the molecule is Cc1ccc(C(C)(C)C(=O)N2CCC(CC(=O)O)CC2)cc1. The molecule has 22 heavy (non-hydrogen) atoms. The Labute approximate surface area is 132 Å². The molecule has 1 aromatic rings. The summed E-state index contributed by atoms with van der Waals surface area (Å²) in [5.74, 6) is -0.418. The van der Waals surface area contributed by atoms with E-state index in [1.54, 1.807) is 0 Å². The third-order valence-corrected chi connectivity index (χ3v) is 4.67. The van der Waals surface area contributed by atoms with E-state index in [0.29, 0.717) is 13.1 Å². The zero-order valence-corrected chi connectivity index (χ0v) is 13.6. The molecule has 1 aliphatic rings. The molecule has 1 saturated heterocycles. The number of nitrogens with zero attached hydrogens (tertiary/aromatic N) is 1. The number of hydrogen-bond acceptors (Lipinski definition) is 2. The summed E-state index contributed by atoms with van der Waals surface area (Å²) in [4.78, 5) is 25.5. The van der Waals surface area contributed by atoms with Crippen molar-refractivity contribution in [1.29, 1.82) is 0 Å². The molecule has 4 heteroatoms. The Morgan fingerprint density at radius 3 is 2.23 bits per heavy atom. The summed E-state index contributed by atoms with van der Waals surface area (Å²) >= 11 is 0. The minimum Gasteiger partial charge on any atom is -0.481 e. The zero-order chi connectivity index (χ0) is 16.3. The molecule has 120 valence electrons. The first kappa shape index (κ1) is 16.5. The van der Waals surface area contributed by atoms with Gasteiger partial charge in [0.15, 0.2) is 0 Å². The van der Waals surface area contributed by atoms with Gasteiger partial charge in [-0.2, -0.15) is 0 Å². The largest absolute Gasteiger partial charge is 0.481 e. The van der Waals surface area contributed by atoms with Crippen LogP contribution >= 0.6 is 0 Å². The minimum absolute atomic E-state index is 0.130. The number of carboxylic acid groups (broad SMARTS) is 1. The number of rotatable bonds is 4. The van der Waals surface area contributed by atoms with Crippen LogP contribution < -0.4 is 0 Å². The molecule has 0 atom stereocenters. The Balaban J connectivity index is 2.02. The average Bonchev–Trinajstić information content (AvgIpc) is 2.47. The van der Waals surface area contributed by atoms with Crippen molar-refractivity contribution in [2.45, 2.75) is 45.4 Å². The van der Waals surface area contributed by atoms with Crippen molar-refractivity contribution >= 4 is 11.9 Å². The molecule has 4 nitrogen and oxygen atoms in total. The van der Waals surface area contributed by atoms with E-state index in [1.165, 1.54) is 5.56 Å². The van der Waals surface area contributed by atoms with E-state index in [-0.39, 0.29) is 18.2 Å². The van der Waals surface area contributed by atoms with Gasteiger partial charge in [-0.1, -0.05) is 29.8 Å². The standard InChI is InChI=1S/C18H25NO3/c1-13-4-6-15(7-5-13)18(2,3)17(22)19-10-8-14(9-11-19)12-16(20)21/h4-7,14H,8-12H2,1-3H3,(H,20,21). The fraction of sp³-hybridized carbons (Fsp3) is 0.556. The molecule has 0 bridgehead atoms. The maximum atomic E-state index is 12.8. The van der Waals surface area contributed by atoms with Crippen LogP contribution in [0.2, 0.25) is 0 Å². The van der Waals surface area contributed by atoms with E-state index in [0.717, 1.165) is 18.4 Å². The van der Waals surface area contributed by atoms with Crippen LogP contribution in [0.25, 0.3) is 0 Å². The molecule has 0 radical (unpaired) electrons. The van der Waals surface area contributed by atoms with Crippen LogP contribution in [-0.4, -0.2) is 35.0 Å². The Bertz CT molecular complexity index is 540.